The van der Waals surface area contributed by atoms with Crippen molar-refractivity contribution in [2.75, 3.05) is 7.11 Å². The van der Waals surface area contributed by atoms with Crippen LogP contribution < -0.4 is 4.74 Å². The van der Waals surface area contributed by atoms with Crippen LogP contribution in [-0.2, 0) is 0 Å². The van der Waals surface area contributed by atoms with Gasteiger partial charge in [-0.3, -0.25) is 10.1 Å². The molecule has 5 heteroatoms. The zero-order valence-corrected chi connectivity index (χ0v) is 8.01. The molecular weight excluding hydrogens is 196 g/mol. The Labute approximate surface area is 85.5 Å². The van der Waals surface area contributed by atoms with E-state index in [-0.39, 0.29) is 5.69 Å². The second kappa shape index (κ2) is 3.53. The standard InChI is InChI=1S/C10H8N2O3/c1-15-10-5-3-7-2-4-8(12(13)14)6-9(7)11-10/h2-6H,1H3. The van der Waals surface area contributed by atoms with Gasteiger partial charge < -0.3 is 4.74 Å². The molecule has 0 bridgehead atoms. The second-order valence-corrected chi connectivity index (χ2v) is 2.99. The first-order valence-electron chi connectivity index (χ1n) is 4.30. The average molecular weight is 204 g/mol. The molecule has 0 atom stereocenters. The molecule has 0 aliphatic rings. The molecule has 0 amide bonds. The molecule has 1 aromatic carbocycles. The number of aromatic nitrogens is 1. The van der Waals surface area contributed by atoms with E-state index in [4.69, 9.17) is 4.74 Å². The fourth-order valence-electron chi connectivity index (χ4n) is 1.31. The van der Waals surface area contributed by atoms with E-state index in [1.165, 1.54) is 19.2 Å². The van der Waals surface area contributed by atoms with Crippen molar-refractivity contribution < 1.29 is 9.66 Å². The molecule has 2 aromatic rings. The van der Waals surface area contributed by atoms with Crippen LogP contribution in [0.1, 0.15) is 0 Å². The third kappa shape index (κ3) is 1.71. The van der Waals surface area contributed by atoms with Gasteiger partial charge in [-0.25, -0.2) is 4.98 Å². The Morgan fingerprint density at radius 3 is 2.73 bits per heavy atom. The molecule has 1 heterocycles. The van der Waals surface area contributed by atoms with Crippen LogP contribution in [0.2, 0.25) is 0 Å². The number of methoxy groups -OCH3 is 1. The zero-order valence-electron chi connectivity index (χ0n) is 8.01. The van der Waals surface area contributed by atoms with E-state index < -0.39 is 4.92 Å². The highest BCUT2D eigenvalue weighted by Gasteiger charge is 2.07. The molecule has 0 unspecified atom stereocenters. The van der Waals surface area contributed by atoms with Gasteiger partial charge in [0.25, 0.3) is 5.69 Å². The molecule has 0 spiro atoms. The summed E-state index contributed by atoms with van der Waals surface area (Å²) < 4.78 is 4.94. The Kier molecular flexibility index (Phi) is 2.21. The van der Waals surface area contributed by atoms with Crippen LogP contribution in [0.25, 0.3) is 10.9 Å². The lowest BCUT2D eigenvalue weighted by Crippen LogP contribution is -1.90. The number of pyridine rings is 1. The molecule has 0 radical (unpaired) electrons. The number of hydrogen-bond acceptors (Lipinski definition) is 4. The van der Waals surface area contributed by atoms with Crippen molar-refractivity contribution in [2.24, 2.45) is 0 Å². The highest BCUT2D eigenvalue weighted by Crippen LogP contribution is 2.21. The van der Waals surface area contributed by atoms with Gasteiger partial charge in [0, 0.05) is 23.6 Å². The summed E-state index contributed by atoms with van der Waals surface area (Å²) in [6.07, 6.45) is 0. The predicted molar refractivity (Wildman–Crippen MR) is 54.9 cm³/mol. The molecule has 0 fully saturated rings. The van der Waals surface area contributed by atoms with Gasteiger partial charge in [-0.2, -0.15) is 0 Å². The fourth-order valence-corrected chi connectivity index (χ4v) is 1.31. The summed E-state index contributed by atoms with van der Waals surface area (Å²) in [5.41, 5.74) is 0.590. The number of fused-ring (bicyclic) bond motifs is 1. The Balaban J connectivity index is 2.62. The molecule has 15 heavy (non-hydrogen) atoms. The molecule has 1 aromatic heterocycles. The summed E-state index contributed by atoms with van der Waals surface area (Å²) in [6, 6.07) is 8.08. The highest BCUT2D eigenvalue weighted by atomic mass is 16.6. The number of nitro benzene ring substituents is 1. The summed E-state index contributed by atoms with van der Waals surface area (Å²) in [5.74, 6) is 0.447. The van der Waals surface area contributed by atoms with E-state index >= 15 is 0 Å². The summed E-state index contributed by atoms with van der Waals surface area (Å²) in [5, 5.41) is 11.4. The van der Waals surface area contributed by atoms with Crippen molar-refractivity contribution in [3.8, 4) is 5.88 Å². The van der Waals surface area contributed by atoms with Gasteiger partial charge >= 0.3 is 0 Å². The van der Waals surface area contributed by atoms with Crippen molar-refractivity contribution >= 4 is 16.6 Å². The number of nitro groups is 1. The molecule has 76 valence electrons. The molecule has 0 N–H and O–H groups in total. The monoisotopic (exact) mass is 204 g/mol. The predicted octanol–water partition coefficient (Wildman–Crippen LogP) is 2.15. The summed E-state index contributed by atoms with van der Waals surface area (Å²) >= 11 is 0. The van der Waals surface area contributed by atoms with E-state index in [2.05, 4.69) is 4.98 Å². The van der Waals surface area contributed by atoms with E-state index in [0.29, 0.717) is 11.4 Å². The van der Waals surface area contributed by atoms with Gasteiger partial charge in [-0.05, 0) is 12.1 Å². The Morgan fingerprint density at radius 1 is 1.33 bits per heavy atom. The van der Waals surface area contributed by atoms with E-state index in [9.17, 15) is 10.1 Å². The van der Waals surface area contributed by atoms with E-state index in [1.807, 2.05) is 6.07 Å². The Morgan fingerprint density at radius 2 is 2.07 bits per heavy atom. The number of nitrogens with zero attached hydrogens (tertiary/aromatic N) is 2. The van der Waals surface area contributed by atoms with Crippen molar-refractivity contribution in [1.82, 2.24) is 4.98 Å². The lowest BCUT2D eigenvalue weighted by molar-refractivity contribution is -0.384. The fraction of sp³-hybridized carbons (Fsp3) is 0.100. The number of hydrogen-bond donors (Lipinski definition) is 0. The van der Waals surface area contributed by atoms with Crippen molar-refractivity contribution in [2.45, 2.75) is 0 Å². The largest absolute Gasteiger partial charge is 0.481 e. The maximum Gasteiger partial charge on any atom is 0.271 e. The van der Waals surface area contributed by atoms with Crippen molar-refractivity contribution in [1.29, 1.82) is 0 Å². The number of rotatable bonds is 2. The van der Waals surface area contributed by atoms with Gasteiger partial charge in [-0.1, -0.05) is 0 Å². The van der Waals surface area contributed by atoms with Crippen LogP contribution >= 0.6 is 0 Å². The normalized spacial score (nSPS) is 10.2. The van der Waals surface area contributed by atoms with E-state index in [0.717, 1.165) is 5.39 Å². The SMILES string of the molecule is COc1ccc2ccc([N+](=O)[O-])cc2n1. The van der Waals surface area contributed by atoms with Gasteiger partial charge in [0.05, 0.1) is 17.5 Å². The van der Waals surface area contributed by atoms with Crippen LogP contribution in [-0.4, -0.2) is 17.0 Å². The summed E-state index contributed by atoms with van der Waals surface area (Å²) in [6.45, 7) is 0. The van der Waals surface area contributed by atoms with Gasteiger partial charge in [0.15, 0.2) is 0 Å². The Bertz CT molecular complexity index is 525. The minimum atomic E-state index is -0.444. The van der Waals surface area contributed by atoms with Gasteiger partial charge in [-0.15, -0.1) is 0 Å². The minimum absolute atomic E-state index is 0.0308. The minimum Gasteiger partial charge on any atom is -0.481 e. The third-order valence-corrected chi connectivity index (χ3v) is 2.07. The van der Waals surface area contributed by atoms with Crippen LogP contribution in [0.5, 0.6) is 5.88 Å². The smallest absolute Gasteiger partial charge is 0.271 e. The van der Waals surface area contributed by atoms with Crippen LogP contribution in [0.3, 0.4) is 0 Å². The molecule has 0 aliphatic heterocycles. The average Bonchev–Trinajstić information content (AvgIpc) is 2.27. The summed E-state index contributed by atoms with van der Waals surface area (Å²) in [7, 11) is 1.51. The van der Waals surface area contributed by atoms with E-state index in [1.54, 1.807) is 12.1 Å². The molecule has 0 aliphatic carbocycles. The first-order valence-corrected chi connectivity index (χ1v) is 4.30. The van der Waals surface area contributed by atoms with Crippen LogP contribution in [0, 0.1) is 10.1 Å². The molecule has 2 rings (SSSR count). The number of non-ortho nitro benzene ring substituents is 1. The molecular formula is C10H8N2O3. The first-order chi connectivity index (χ1) is 7.20. The van der Waals surface area contributed by atoms with Crippen molar-refractivity contribution in [3.63, 3.8) is 0 Å². The lowest BCUT2D eigenvalue weighted by Gasteiger charge is -2.00. The maximum absolute atomic E-state index is 10.5. The quantitative estimate of drug-likeness (QED) is 0.555. The maximum atomic E-state index is 10.5. The van der Waals surface area contributed by atoms with Crippen LogP contribution in [0.4, 0.5) is 5.69 Å². The summed E-state index contributed by atoms with van der Waals surface area (Å²) in [4.78, 5) is 14.2. The number of benzene rings is 1. The zero-order chi connectivity index (χ0) is 10.8. The van der Waals surface area contributed by atoms with Gasteiger partial charge in [0.2, 0.25) is 5.88 Å². The van der Waals surface area contributed by atoms with Gasteiger partial charge in [0.1, 0.15) is 0 Å². The molecule has 0 saturated heterocycles. The second-order valence-electron chi connectivity index (χ2n) is 2.99. The lowest BCUT2D eigenvalue weighted by atomic mass is 10.2. The molecule has 5 nitrogen and oxygen atoms in total. The number of ether oxygens (including phenoxy) is 1. The Hall–Kier alpha value is -2.17. The first kappa shape index (κ1) is 9.39. The topological polar surface area (TPSA) is 65.3 Å². The van der Waals surface area contributed by atoms with Crippen molar-refractivity contribution in [3.05, 3.63) is 40.4 Å². The van der Waals surface area contributed by atoms with Crippen LogP contribution in [0.15, 0.2) is 30.3 Å². The molecule has 0 saturated carbocycles. The highest BCUT2D eigenvalue weighted by molar-refractivity contribution is 5.81. The third-order valence-electron chi connectivity index (χ3n) is 2.07.